The number of ether oxygens (including phenoxy) is 2. The lowest BCUT2D eigenvalue weighted by Gasteiger charge is -2.29. The summed E-state index contributed by atoms with van der Waals surface area (Å²) < 4.78 is 10.8. The Bertz CT molecular complexity index is 241. The highest BCUT2D eigenvalue weighted by atomic mass is 16.5. The number of rotatable bonds is 9. The second-order valence-corrected chi connectivity index (χ2v) is 5.17. The van der Waals surface area contributed by atoms with E-state index in [1.807, 2.05) is 0 Å². The van der Waals surface area contributed by atoms with Gasteiger partial charge in [0.2, 0.25) is 5.91 Å². The van der Waals surface area contributed by atoms with E-state index in [0.717, 1.165) is 19.1 Å². The lowest BCUT2D eigenvalue weighted by Crippen LogP contribution is -2.35. The predicted octanol–water partition coefficient (Wildman–Crippen LogP) is 0.888. The first-order valence-electron chi connectivity index (χ1n) is 7.30. The summed E-state index contributed by atoms with van der Waals surface area (Å²) in [6.07, 6.45) is 3.04. The molecule has 0 aromatic carbocycles. The Kier molecular flexibility index (Phi) is 8.79. The van der Waals surface area contributed by atoms with Crippen LogP contribution in [0.25, 0.3) is 0 Å². The van der Waals surface area contributed by atoms with Crippen molar-refractivity contribution in [1.82, 2.24) is 10.2 Å². The quantitative estimate of drug-likeness (QED) is 0.633. The lowest BCUT2D eigenvalue weighted by molar-refractivity contribution is -0.121. The number of carbonyl (C=O) groups is 1. The minimum Gasteiger partial charge on any atom is -0.379 e. The Morgan fingerprint density at radius 3 is 2.42 bits per heavy atom. The van der Waals surface area contributed by atoms with Crippen LogP contribution in [0, 0.1) is 5.92 Å². The molecule has 0 unspecified atom stereocenters. The first-order chi connectivity index (χ1) is 9.22. The van der Waals surface area contributed by atoms with Crippen LogP contribution in [-0.2, 0) is 14.3 Å². The zero-order chi connectivity index (χ0) is 13.9. The van der Waals surface area contributed by atoms with Crippen molar-refractivity contribution in [3.8, 4) is 0 Å². The third-order valence-electron chi connectivity index (χ3n) is 3.55. The van der Waals surface area contributed by atoms with Gasteiger partial charge in [-0.3, -0.25) is 4.79 Å². The normalized spacial score (nSPS) is 17.6. The average Bonchev–Trinajstić information content (AvgIpc) is 2.43. The second-order valence-electron chi connectivity index (χ2n) is 5.17. The van der Waals surface area contributed by atoms with E-state index in [1.165, 1.54) is 25.9 Å². The molecule has 1 N–H and O–H groups in total. The van der Waals surface area contributed by atoms with E-state index < -0.39 is 0 Å². The molecule has 0 spiro atoms. The zero-order valence-electron chi connectivity index (χ0n) is 12.3. The van der Waals surface area contributed by atoms with E-state index in [-0.39, 0.29) is 5.91 Å². The van der Waals surface area contributed by atoms with E-state index in [2.05, 4.69) is 17.1 Å². The highest BCUT2D eigenvalue weighted by molar-refractivity contribution is 5.75. The van der Waals surface area contributed by atoms with Gasteiger partial charge in [0.1, 0.15) is 0 Å². The molecule has 1 aliphatic heterocycles. The van der Waals surface area contributed by atoms with Crippen molar-refractivity contribution in [3.05, 3.63) is 0 Å². The van der Waals surface area contributed by atoms with Crippen molar-refractivity contribution >= 4 is 5.91 Å². The third-order valence-corrected chi connectivity index (χ3v) is 3.55. The molecular weight excluding hydrogens is 244 g/mol. The van der Waals surface area contributed by atoms with Crippen LogP contribution in [0.1, 0.15) is 26.2 Å². The maximum Gasteiger partial charge on any atom is 0.222 e. The molecule has 1 rings (SSSR count). The van der Waals surface area contributed by atoms with Gasteiger partial charge >= 0.3 is 0 Å². The van der Waals surface area contributed by atoms with Gasteiger partial charge < -0.3 is 19.7 Å². The Hall–Kier alpha value is -0.650. The molecule has 112 valence electrons. The minimum absolute atomic E-state index is 0.0141. The monoisotopic (exact) mass is 272 g/mol. The first-order valence-corrected chi connectivity index (χ1v) is 7.30. The van der Waals surface area contributed by atoms with E-state index in [4.69, 9.17) is 9.47 Å². The fraction of sp³-hybridized carbons (Fsp3) is 0.929. The Labute approximate surface area is 116 Å². The van der Waals surface area contributed by atoms with Crippen molar-refractivity contribution < 1.29 is 14.3 Å². The van der Waals surface area contributed by atoms with Crippen LogP contribution in [-0.4, -0.2) is 63.9 Å². The molecule has 5 heteroatoms. The molecule has 0 aromatic heterocycles. The first kappa shape index (κ1) is 16.4. The summed E-state index contributed by atoms with van der Waals surface area (Å²) in [7, 11) is 1.63. The number of likely N-dealkylation sites (tertiary alicyclic amines) is 1. The summed E-state index contributed by atoms with van der Waals surface area (Å²) in [5.74, 6) is 0.895. The number of carbonyl (C=O) groups excluding carboxylic acids is 1. The van der Waals surface area contributed by atoms with Gasteiger partial charge in [0, 0.05) is 20.0 Å². The fourth-order valence-corrected chi connectivity index (χ4v) is 2.09. The molecule has 0 saturated carbocycles. The fourth-order valence-electron chi connectivity index (χ4n) is 2.09. The lowest BCUT2D eigenvalue weighted by atomic mass is 9.99. The molecule has 19 heavy (non-hydrogen) atoms. The number of nitrogens with one attached hydrogen (secondary N) is 1. The largest absolute Gasteiger partial charge is 0.379 e. The Balaban J connectivity index is 1.82. The number of hydrogen-bond acceptors (Lipinski definition) is 4. The highest BCUT2D eigenvalue weighted by Crippen LogP contribution is 2.15. The van der Waals surface area contributed by atoms with Crippen LogP contribution in [0.15, 0.2) is 0 Å². The summed E-state index contributed by atoms with van der Waals surface area (Å²) in [4.78, 5) is 13.4. The molecule has 1 amide bonds. The Morgan fingerprint density at radius 2 is 1.79 bits per heavy atom. The van der Waals surface area contributed by atoms with Crippen LogP contribution in [0.2, 0.25) is 0 Å². The molecule has 0 aliphatic carbocycles. The summed E-state index contributed by atoms with van der Waals surface area (Å²) >= 11 is 0. The standard InChI is InChI=1S/C14H28N2O3/c1-13-3-6-16(7-4-13)8-10-19-12-11-18-9-5-14(17)15-2/h13H,3-12H2,1-2H3,(H,15,17). The average molecular weight is 272 g/mol. The van der Waals surface area contributed by atoms with Gasteiger partial charge in [-0.05, 0) is 31.8 Å². The molecule has 5 nitrogen and oxygen atoms in total. The van der Waals surface area contributed by atoms with Crippen molar-refractivity contribution in [2.75, 3.05) is 53.1 Å². The molecule has 0 aromatic rings. The van der Waals surface area contributed by atoms with Gasteiger partial charge in [0.25, 0.3) is 0 Å². The number of piperidine rings is 1. The molecule has 1 aliphatic rings. The van der Waals surface area contributed by atoms with Crippen LogP contribution in [0.5, 0.6) is 0 Å². The van der Waals surface area contributed by atoms with Crippen LogP contribution in [0.4, 0.5) is 0 Å². The maximum atomic E-state index is 10.9. The predicted molar refractivity (Wildman–Crippen MR) is 75.2 cm³/mol. The maximum absolute atomic E-state index is 10.9. The topological polar surface area (TPSA) is 50.8 Å². The van der Waals surface area contributed by atoms with Crippen LogP contribution >= 0.6 is 0 Å². The molecule has 0 atom stereocenters. The molecule has 1 heterocycles. The number of hydrogen-bond donors (Lipinski definition) is 1. The zero-order valence-corrected chi connectivity index (χ0v) is 12.3. The van der Waals surface area contributed by atoms with E-state index in [0.29, 0.717) is 26.2 Å². The second kappa shape index (κ2) is 10.2. The van der Waals surface area contributed by atoms with E-state index in [1.54, 1.807) is 7.05 Å². The van der Waals surface area contributed by atoms with Crippen molar-refractivity contribution in [2.45, 2.75) is 26.2 Å². The molecular formula is C14H28N2O3. The number of nitrogens with zero attached hydrogens (tertiary/aromatic N) is 1. The molecule has 0 bridgehead atoms. The van der Waals surface area contributed by atoms with Crippen molar-refractivity contribution in [1.29, 1.82) is 0 Å². The molecule has 1 fully saturated rings. The van der Waals surface area contributed by atoms with Gasteiger partial charge in [0.05, 0.1) is 26.4 Å². The summed E-state index contributed by atoms with van der Waals surface area (Å²) in [6, 6.07) is 0. The summed E-state index contributed by atoms with van der Waals surface area (Å²) in [6.45, 7) is 8.15. The van der Waals surface area contributed by atoms with Gasteiger partial charge in [-0.15, -0.1) is 0 Å². The third kappa shape index (κ3) is 8.18. The van der Waals surface area contributed by atoms with Gasteiger partial charge in [-0.25, -0.2) is 0 Å². The summed E-state index contributed by atoms with van der Waals surface area (Å²) in [5, 5.41) is 2.56. The smallest absolute Gasteiger partial charge is 0.222 e. The van der Waals surface area contributed by atoms with Gasteiger partial charge in [0.15, 0.2) is 0 Å². The van der Waals surface area contributed by atoms with Gasteiger partial charge in [-0.2, -0.15) is 0 Å². The summed E-state index contributed by atoms with van der Waals surface area (Å²) in [5.41, 5.74) is 0. The van der Waals surface area contributed by atoms with Crippen molar-refractivity contribution in [2.24, 2.45) is 5.92 Å². The molecule has 1 saturated heterocycles. The Morgan fingerprint density at radius 1 is 1.16 bits per heavy atom. The van der Waals surface area contributed by atoms with Gasteiger partial charge in [-0.1, -0.05) is 6.92 Å². The van der Waals surface area contributed by atoms with E-state index >= 15 is 0 Å². The molecule has 0 radical (unpaired) electrons. The van der Waals surface area contributed by atoms with Crippen molar-refractivity contribution in [3.63, 3.8) is 0 Å². The minimum atomic E-state index is 0.0141. The van der Waals surface area contributed by atoms with Crippen LogP contribution in [0.3, 0.4) is 0 Å². The van der Waals surface area contributed by atoms with Crippen LogP contribution < -0.4 is 5.32 Å². The SMILES string of the molecule is CNC(=O)CCOCCOCCN1CCC(C)CC1. The number of amides is 1. The van der Waals surface area contributed by atoms with E-state index in [9.17, 15) is 4.79 Å². The highest BCUT2D eigenvalue weighted by Gasteiger charge is 2.14.